The van der Waals surface area contributed by atoms with Gasteiger partial charge in [0.15, 0.2) is 0 Å². The Bertz CT molecular complexity index is 545. The number of hydrogen-bond acceptors (Lipinski definition) is 3. The Labute approximate surface area is 118 Å². The first-order valence-corrected chi connectivity index (χ1v) is 7.02. The summed E-state index contributed by atoms with van der Waals surface area (Å²) >= 11 is 8.97. The van der Waals surface area contributed by atoms with E-state index in [0.717, 1.165) is 20.6 Å². The van der Waals surface area contributed by atoms with Crippen LogP contribution in [-0.4, -0.2) is 5.91 Å². The van der Waals surface area contributed by atoms with Crippen LogP contribution in [0.1, 0.15) is 15.2 Å². The number of aryl methyl sites for hydroxylation is 1. The van der Waals surface area contributed by atoms with Gasteiger partial charge < -0.3 is 5.32 Å². The summed E-state index contributed by atoms with van der Waals surface area (Å²) in [6.45, 7) is 1.98. The largest absolute Gasteiger partial charge is 0.321 e. The molecule has 5 heteroatoms. The smallest absolute Gasteiger partial charge is 0.265 e. The molecule has 2 nitrogen and oxygen atoms in total. The maximum Gasteiger partial charge on any atom is 0.265 e. The number of halogens is 1. The van der Waals surface area contributed by atoms with E-state index >= 15 is 0 Å². The average molecular weight is 328 g/mol. The molecule has 2 rings (SSSR count). The van der Waals surface area contributed by atoms with Crippen molar-refractivity contribution in [3.63, 3.8) is 0 Å². The van der Waals surface area contributed by atoms with E-state index in [1.165, 1.54) is 11.3 Å². The summed E-state index contributed by atoms with van der Waals surface area (Å²) in [4.78, 5) is 13.4. The molecule has 0 atom stereocenters. The van der Waals surface area contributed by atoms with Crippen LogP contribution in [0.5, 0.6) is 0 Å². The molecule has 0 saturated carbocycles. The van der Waals surface area contributed by atoms with Crippen LogP contribution in [0.15, 0.2) is 39.0 Å². The minimum absolute atomic E-state index is 0.104. The molecule has 0 unspecified atom stereocenters. The van der Waals surface area contributed by atoms with E-state index in [-0.39, 0.29) is 5.91 Å². The maximum atomic E-state index is 11.9. The molecule has 17 heavy (non-hydrogen) atoms. The third-order valence-corrected chi connectivity index (χ3v) is 3.93. The molecule has 0 saturated heterocycles. The van der Waals surface area contributed by atoms with E-state index in [0.29, 0.717) is 4.88 Å². The normalized spacial score (nSPS) is 10.3. The minimum atomic E-state index is -0.104. The maximum absolute atomic E-state index is 11.9. The number of hydrogen-bond donors (Lipinski definition) is 2. The van der Waals surface area contributed by atoms with E-state index in [4.69, 9.17) is 0 Å². The summed E-state index contributed by atoms with van der Waals surface area (Å²) in [6.07, 6.45) is 0. The number of anilines is 1. The van der Waals surface area contributed by atoms with Gasteiger partial charge in [-0.1, -0.05) is 15.9 Å². The van der Waals surface area contributed by atoms with Crippen molar-refractivity contribution < 1.29 is 4.79 Å². The van der Waals surface area contributed by atoms with Crippen molar-refractivity contribution in [3.8, 4) is 0 Å². The van der Waals surface area contributed by atoms with Crippen molar-refractivity contribution in [2.24, 2.45) is 0 Å². The summed E-state index contributed by atoms with van der Waals surface area (Å²) in [6, 6.07) is 7.55. The third-order valence-electron chi connectivity index (χ3n) is 2.11. The zero-order valence-corrected chi connectivity index (χ0v) is 12.3. The summed E-state index contributed by atoms with van der Waals surface area (Å²) < 4.78 is 0.953. The van der Waals surface area contributed by atoms with E-state index in [2.05, 4.69) is 33.9 Å². The lowest BCUT2D eigenvalue weighted by Gasteiger charge is -2.05. The highest BCUT2D eigenvalue weighted by Crippen LogP contribution is 2.22. The molecule has 1 aromatic carbocycles. The summed E-state index contributed by atoms with van der Waals surface area (Å²) in [5.41, 5.74) is 1.88. The van der Waals surface area contributed by atoms with Gasteiger partial charge in [0.1, 0.15) is 0 Å². The van der Waals surface area contributed by atoms with Gasteiger partial charge in [0.25, 0.3) is 5.91 Å². The first-order valence-electron chi connectivity index (χ1n) is 4.90. The second-order valence-corrected chi connectivity index (χ2v) is 5.98. The molecule has 1 aromatic heterocycles. The van der Waals surface area contributed by atoms with Crippen LogP contribution in [0.4, 0.5) is 5.69 Å². The zero-order valence-electron chi connectivity index (χ0n) is 9.03. The lowest BCUT2D eigenvalue weighted by molar-refractivity contribution is 0.103. The predicted molar refractivity (Wildman–Crippen MR) is 78.4 cm³/mol. The minimum Gasteiger partial charge on any atom is -0.321 e. The van der Waals surface area contributed by atoms with Crippen molar-refractivity contribution in [1.29, 1.82) is 0 Å². The van der Waals surface area contributed by atoms with Gasteiger partial charge in [-0.2, -0.15) is 0 Å². The Balaban J connectivity index is 2.18. The van der Waals surface area contributed by atoms with E-state index in [9.17, 15) is 4.79 Å². The van der Waals surface area contributed by atoms with Crippen molar-refractivity contribution in [3.05, 3.63) is 44.6 Å². The Morgan fingerprint density at radius 1 is 1.35 bits per heavy atom. The Morgan fingerprint density at radius 3 is 2.71 bits per heavy atom. The summed E-state index contributed by atoms with van der Waals surface area (Å²) in [7, 11) is 0. The zero-order chi connectivity index (χ0) is 12.4. The van der Waals surface area contributed by atoms with Crippen molar-refractivity contribution in [2.45, 2.75) is 11.8 Å². The first kappa shape index (κ1) is 12.7. The van der Waals surface area contributed by atoms with E-state index in [1.807, 2.05) is 30.5 Å². The van der Waals surface area contributed by atoms with Gasteiger partial charge in [-0.3, -0.25) is 4.79 Å². The molecule has 0 fully saturated rings. The molecule has 1 heterocycles. The summed E-state index contributed by atoms with van der Waals surface area (Å²) in [5.74, 6) is -0.104. The molecule has 1 N–H and O–H groups in total. The van der Waals surface area contributed by atoms with Crippen LogP contribution < -0.4 is 5.32 Å². The molecule has 0 aliphatic carbocycles. The number of rotatable bonds is 2. The molecule has 0 radical (unpaired) electrons. The van der Waals surface area contributed by atoms with Gasteiger partial charge in [0.05, 0.1) is 4.88 Å². The quantitative estimate of drug-likeness (QED) is 0.788. The number of benzene rings is 1. The number of carbonyl (C=O) groups is 1. The average Bonchev–Trinajstić information content (AvgIpc) is 2.63. The Morgan fingerprint density at radius 2 is 2.12 bits per heavy atom. The number of carbonyl (C=O) groups excluding carboxylic acids is 1. The van der Waals surface area contributed by atoms with Gasteiger partial charge >= 0.3 is 0 Å². The SMILES string of the molecule is Cc1cc(Br)cc(NC(=O)c2cc(S)cs2)c1. The molecule has 88 valence electrons. The molecule has 0 spiro atoms. The van der Waals surface area contributed by atoms with Crippen LogP contribution >= 0.6 is 39.9 Å². The highest BCUT2D eigenvalue weighted by molar-refractivity contribution is 9.10. The van der Waals surface area contributed by atoms with Crippen molar-refractivity contribution in [1.82, 2.24) is 0 Å². The second-order valence-electron chi connectivity index (χ2n) is 3.64. The Hall–Kier alpha value is -0.780. The second kappa shape index (κ2) is 5.25. The molecule has 1 amide bonds. The lowest BCUT2D eigenvalue weighted by Crippen LogP contribution is -2.10. The van der Waals surface area contributed by atoms with Gasteiger partial charge in [-0.15, -0.1) is 24.0 Å². The number of thiol groups is 1. The van der Waals surface area contributed by atoms with Crippen LogP contribution in [0, 0.1) is 6.92 Å². The molecule has 0 bridgehead atoms. The van der Waals surface area contributed by atoms with E-state index < -0.39 is 0 Å². The third kappa shape index (κ3) is 3.34. The molecule has 0 aliphatic rings. The summed E-state index contributed by atoms with van der Waals surface area (Å²) in [5, 5.41) is 4.70. The van der Waals surface area contributed by atoms with Gasteiger partial charge in [0, 0.05) is 20.4 Å². The monoisotopic (exact) mass is 327 g/mol. The highest BCUT2D eigenvalue weighted by Gasteiger charge is 2.08. The number of amides is 1. The molecular weight excluding hydrogens is 318 g/mol. The van der Waals surface area contributed by atoms with Crippen LogP contribution in [0.2, 0.25) is 0 Å². The molecule has 0 aliphatic heterocycles. The van der Waals surface area contributed by atoms with Gasteiger partial charge in [-0.25, -0.2) is 0 Å². The van der Waals surface area contributed by atoms with Crippen molar-refractivity contribution in [2.75, 3.05) is 5.32 Å². The highest BCUT2D eigenvalue weighted by atomic mass is 79.9. The fourth-order valence-electron chi connectivity index (χ4n) is 1.45. The van der Waals surface area contributed by atoms with Crippen molar-refractivity contribution >= 4 is 51.5 Å². The number of thiophene rings is 1. The van der Waals surface area contributed by atoms with Gasteiger partial charge in [0.2, 0.25) is 0 Å². The van der Waals surface area contributed by atoms with E-state index in [1.54, 1.807) is 6.07 Å². The number of nitrogens with one attached hydrogen (secondary N) is 1. The first-order chi connectivity index (χ1) is 8.04. The van der Waals surface area contributed by atoms with Gasteiger partial charge in [-0.05, 0) is 36.8 Å². The lowest BCUT2D eigenvalue weighted by atomic mass is 10.2. The molecule has 2 aromatic rings. The fourth-order valence-corrected chi connectivity index (χ4v) is 3.10. The fraction of sp³-hybridized carbons (Fsp3) is 0.0833. The molecular formula is C12H10BrNOS2. The Kier molecular flexibility index (Phi) is 3.91. The topological polar surface area (TPSA) is 29.1 Å². The van der Waals surface area contributed by atoms with Crippen LogP contribution in [-0.2, 0) is 0 Å². The van der Waals surface area contributed by atoms with Crippen LogP contribution in [0.3, 0.4) is 0 Å². The predicted octanol–water partition coefficient (Wildman–Crippen LogP) is 4.36. The standard InChI is InChI=1S/C12H10BrNOS2/c1-7-2-8(13)4-9(3-7)14-12(15)11-5-10(16)6-17-11/h2-6,16H,1H3,(H,14,15). The van der Waals surface area contributed by atoms with Crippen LogP contribution in [0.25, 0.3) is 0 Å².